The Labute approximate surface area is 139 Å². The molecule has 2 aromatic carbocycles. The number of rotatable bonds is 7. The lowest BCUT2D eigenvalue weighted by molar-refractivity contribution is -0.122. The van der Waals surface area contributed by atoms with Crippen LogP contribution in [0.5, 0.6) is 5.75 Å². The van der Waals surface area contributed by atoms with Crippen LogP contribution in [0.3, 0.4) is 0 Å². The minimum Gasteiger partial charge on any atom is -0.488 e. The van der Waals surface area contributed by atoms with Gasteiger partial charge in [-0.2, -0.15) is 0 Å². The first-order valence-electron chi connectivity index (χ1n) is 7.63. The van der Waals surface area contributed by atoms with Gasteiger partial charge in [0.25, 0.3) is 0 Å². The number of amides is 1. The molecule has 0 aliphatic carbocycles. The van der Waals surface area contributed by atoms with Crippen molar-refractivity contribution < 1.29 is 18.3 Å². The SMILES string of the molecule is CC(COc1ccc(F)cc1F)NC(=O)CC(N)c1ccccc1. The van der Waals surface area contributed by atoms with Crippen LogP contribution in [0, 0.1) is 11.6 Å². The number of hydrogen-bond acceptors (Lipinski definition) is 3. The summed E-state index contributed by atoms with van der Waals surface area (Å²) in [4.78, 5) is 12.0. The Balaban J connectivity index is 1.79. The Morgan fingerprint density at radius 2 is 1.92 bits per heavy atom. The van der Waals surface area contributed by atoms with E-state index >= 15 is 0 Å². The van der Waals surface area contributed by atoms with Crippen LogP contribution >= 0.6 is 0 Å². The maximum Gasteiger partial charge on any atom is 0.222 e. The first kappa shape index (κ1) is 17.9. The lowest BCUT2D eigenvalue weighted by atomic mass is 10.0. The first-order chi connectivity index (χ1) is 11.5. The van der Waals surface area contributed by atoms with E-state index in [9.17, 15) is 13.6 Å². The van der Waals surface area contributed by atoms with Crippen LogP contribution in [-0.2, 0) is 4.79 Å². The molecule has 0 saturated carbocycles. The molecule has 0 aliphatic heterocycles. The number of carbonyl (C=O) groups excluding carboxylic acids is 1. The predicted octanol–water partition coefficient (Wildman–Crippen LogP) is 2.94. The molecule has 1 amide bonds. The number of halogens is 2. The van der Waals surface area contributed by atoms with Crippen LogP contribution in [0.2, 0.25) is 0 Å². The van der Waals surface area contributed by atoms with Crippen molar-refractivity contribution in [3.8, 4) is 5.75 Å². The van der Waals surface area contributed by atoms with Crippen molar-refractivity contribution in [2.24, 2.45) is 5.73 Å². The minimum atomic E-state index is -0.778. The molecule has 2 atom stereocenters. The van der Waals surface area contributed by atoms with E-state index in [1.165, 1.54) is 6.07 Å². The van der Waals surface area contributed by atoms with Gasteiger partial charge in [-0.25, -0.2) is 8.78 Å². The lowest BCUT2D eigenvalue weighted by Crippen LogP contribution is -2.38. The van der Waals surface area contributed by atoms with Gasteiger partial charge in [-0.05, 0) is 24.6 Å². The van der Waals surface area contributed by atoms with E-state index in [0.29, 0.717) is 0 Å². The first-order valence-corrected chi connectivity index (χ1v) is 7.63. The molecular weight excluding hydrogens is 314 g/mol. The molecule has 2 aromatic rings. The third-order valence-electron chi connectivity index (χ3n) is 3.42. The quantitative estimate of drug-likeness (QED) is 0.818. The highest BCUT2D eigenvalue weighted by Gasteiger charge is 2.14. The molecule has 3 N–H and O–H groups in total. The van der Waals surface area contributed by atoms with Gasteiger partial charge in [0.15, 0.2) is 11.6 Å². The van der Waals surface area contributed by atoms with E-state index < -0.39 is 17.7 Å². The second-order valence-corrected chi connectivity index (χ2v) is 5.58. The average molecular weight is 334 g/mol. The van der Waals surface area contributed by atoms with E-state index in [1.54, 1.807) is 6.92 Å². The summed E-state index contributed by atoms with van der Waals surface area (Å²) in [5.41, 5.74) is 6.87. The molecule has 0 fully saturated rings. The third kappa shape index (κ3) is 5.31. The van der Waals surface area contributed by atoms with Crippen LogP contribution in [-0.4, -0.2) is 18.6 Å². The van der Waals surface area contributed by atoms with Crippen molar-refractivity contribution in [1.82, 2.24) is 5.32 Å². The molecular formula is C18H20F2N2O2. The molecule has 0 bridgehead atoms. The van der Waals surface area contributed by atoms with Gasteiger partial charge in [0.2, 0.25) is 5.91 Å². The Hall–Kier alpha value is -2.47. The molecule has 0 aromatic heterocycles. The zero-order valence-electron chi connectivity index (χ0n) is 13.3. The summed E-state index contributed by atoms with van der Waals surface area (Å²) in [6.45, 7) is 1.79. The summed E-state index contributed by atoms with van der Waals surface area (Å²) >= 11 is 0. The molecule has 2 unspecified atom stereocenters. The third-order valence-corrected chi connectivity index (χ3v) is 3.42. The van der Waals surface area contributed by atoms with Gasteiger partial charge in [0, 0.05) is 18.5 Å². The van der Waals surface area contributed by atoms with Gasteiger partial charge in [-0.15, -0.1) is 0 Å². The monoisotopic (exact) mass is 334 g/mol. The zero-order valence-corrected chi connectivity index (χ0v) is 13.3. The fourth-order valence-corrected chi connectivity index (χ4v) is 2.20. The van der Waals surface area contributed by atoms with Crippen molar-refractivity contribution in [3.63, 3.8) is 0 Å². The Morgan fingerprint density at radius 1 is 1.21 bits per heavy atom. The predicted molar refractivity (Wildman–Crippen MR) is 87.4 cm³/mol. The molecule has 6 heteroatoms. The maximum absolute atomic E-state index is 13.5. The van der Waals surface area contributed by atoms with Crippen LogP contribution < -0.4 is 15.8 Å². The van der Waals surface area contributed by atoms with Crippen molar-refractivity contribution in [2.45, 2.75) is 25.4 Å². The molecule has 24 heavy (non-hydrogen) atoms. The zero-order chi connectivity index (χ0) is 17.5. The summed E-state index contributed by atoms with van der Waals surface area (Å²) in [5, 5.41) is 2.74. The van der Waals surface area contributed by atoms with Gasteiger partial charge in [0.05, 0.1) is 6.04 Å². The number of hydrogen-bond donors (Lipinski definition) is 2. The molecule has 128 valence electrons. The summed E-state index contributed by atoms with van der Waals surface area (Å²) in [6, 6.07) is 11.7. The van der Waals surface area contributed by atoms with Gasteiger partial charge in [0.1, 0.15) is 12.4 Å². The fourth-order valence-electron chi connectivity index (χ4n) is 2.20. The minimum absolute atomic E-state index is 0.0570. The molecule has 0 radical (unpaired) electrons. The number of ether oxygens (including phenoxy) is 1. The van der Waals surface area contributed by atoms with Crippen LogP contribution in [0.25, 0.3) is 0 Å². The normalized spacial score (nSPS) is 13.2. The second kappa shape index (κ2) is 8.40. The van der Waals surface area contributed by atoms with Gasteiger partial charge >= 0.3 is 0 Å². The van der Waals surface area contributed by atoms with Crippen molar-refractivity contribution in [2.75, 3.05) is 6.61 Å². The highest BCUT2D eigenvalue weighted by Crippen LogP contribution is 2.18. The van der Waals surface area contributed by atoms with Gasteiger partial charge < -0.3 is 15.8 Å². The Kier molecular flexibility index (Phi) is 6.26. The Bertz CT molecular complexity index is 680. The largest absolute Gasteiger partial charge is 0.488 e. The van der Waals surface area contributed by atoms with Crippen molar-refractivity contribution in [3.05, 3.63) is 65.7 Å². The van der Waals surface area contributed by atoms with E-state index in [4.69, 9.17) is 10.5 Å². The van der Waals surface area contributed by atoms with Gasteiger partial charge in [-0.1, -0.05) is 30.3 Å². The highest BCUT2D eigenvalue weighted by molar-refractivity contribution is 5.77. The van der Waals surface area contributed by atoms with Crippen LogP contribution in [0.15, 0.2) is 48.5 Å². The van der Waals surface area contributed by atoms with Crippen molar-refractivity contribution in [1.29, 1.82) is 0 Å². The smallest absolute Gasteiger partial charge is 0.222 e. The van der Waals surface area contributed by atoms with E-state index in [1.807, 2.05) is 30.3 Å². The summed E-state index contributed by atoms with van der Waals surface area (Å²) in [6.07, 6.45) is 0.138. The molecule has 0 spiro atoms. The number of benzene rings is 2. The molecule has 0 aliphatic rings. The average Bonchev–Trinajstić information content (AvgIpc) is 2.54. The second-order valence-electron chi connectivity index (χ2n) is 5.58. The number of carbonyl (C=O) groups is 1. The molecule has 0 heterocycles. The van der Waals surface area contributed by atoms with Crippen molar-refractivity contribution >= 4 is 5.91 Å². The van der Waals surface area contributed by atoms with Crippen LogP contribution in [0.4, 0.5) is 8.78 Å². The van der Waals surface area contributed by atoms with Crippen LogP contribution in [0.1, 0.15) is 24.9 Å². The van der Waals surface area contributed by atoms with E-state index in [-0.39, 0.29) is 30.7 Å². The standard InChI is InChI=1S/C18H20F2N2O2/c1-12(11-24-17-8-7-14(19)9-15(17)20)22-18(23)10-16(21)13-5-3-2-4-6-13/h2-9,12,16H,10-11,21H2,1H3,(H,22,23). The Morgan fingerprint density at radius 3 is 2.58 bits per heavy atom. The number of nitrogens with two attached hydrogens (primary N) is 1. The topological polar surface area (TPSA) is 64.3 Å². The fraction of sp³-hybridized carbons (Fsp3) is 0.278. The summed E-state index contributed by atoms with van der Waals surface area (Å²) < 4.78 is 31.5. The molecule has 4 nitrogen and oxygen atoms in total. The molecule has 0 saturated heterocycles. The summed E-state index contributed by atoms with van der Waals surface area (Å²) in [5.74, 6) is -1.73. The highest BCUT2D eigenvalue weighted by atomic mass is 19.1. The van der Waals surface area contributed by atoms with E-state index in [0.717, 1.165) is 17.7 Å². The maximum atomic E-state index is 13.5. The summed E-state index contributed by atoms with van der Waals surface area (Å²) in [7, 11) is 0. The van der Waals surface area contributed by atoms with Gasteiger partial charge in [-0.3, -0.25) is 4.79 Å². The van der Waals surface area contributed by atoms with E-state index in [2.05, 4.69) is 5.32 Å². The lowest BCUT2D eigenvalue weighted by Gasteiger charge is -2.17. The number of nitrogens with one attached hydrogen (secondary N) is 1. The molecule has 2 rings (SSSR count).